The van der Waals surface area contributed by atoms with Gasteiger partial charge in [-0.1, -0.05) is 38.0 Å². The zero-order valence-corrected chi connectivity index (χ0v) is 10.3. The van der Waals surface area contributed by atoms with Gasteiger partial charge in [-0.25, -0.2) is 8.42 Å². The molecule has 1 aromatic rings. The summed E-state index contributed by atoms with van der Waals surface area (Å²) in [5, 5.41) is 0. The molecule has 0 saturated heterocycles. The first kappa shape index (κ1) is 12.5. The van der Waals surface area contributed by atoms with Crippen LogP contribution in [0.5, 0.6) is 0 Å². The molecule has 1 rings (SSSR count). The van der Waals surface area contributed by atoms with Crippen LogP contribution in [-0.2, 0) is 15.5 Å². The van der Waals surface area contributed by atoms with Crippen LogP contribution in [0.2, 0.25) is 0 Å². The molecule has 0 saturated carbocycles. The van der Waals surface area contributed by atoms with Crippen molar-refractivity contribution in [1.29, 1.82) is 0 Å². The van der Waals surface area contributed by atoms with E-state index in [1.54, 1.807) is 12.1 Å². The summed E-state index contributed by atoms with van der Waals surface area (Å²) in [6.45, 7) is 2.12. The quantitative estimate of drug-likeness (QED) is 0.590. The van der Waals surface area contributed by atoms with Crippen LogP contribution >= 0.6 is 10.7 Å². The summed E-state index contributed by atoms with van der Waals surface area (Å²) >= 11 is 0. The molecule has 0 aromatic heterocycles. The molecule has 0 atom stereocenters. The van der Waals surface area contributed by atoms with E-state index in [4.69, 9.17) is 10.7 Å². The summed E-state index contributed by atoms with van der Waals surface area (Å²) in [4.78, 5) is 0.253. The number of unbranched alkanes of at least 4 members (excludes halogenated alkanes) is 2. The highest BCUT2D eigenvalue weighted by molar-refractivity contribution is 8.13. The normalized spacial score (nSPS) is 11.6. The first-order valence-corrected chi connectivity index (χ1v) is 7.39. The van der Waals surface area contributed by atoms with E-state index in [2.05, 4.69) is 6.92 Å². The van der Waals surface area contributed by atoms with E-state index >= 15 is 0 Å². The first-order valence-electron chi connectivity index (χ1n) is 5.08. The Kier molecular flexibility index (Phi) is 4.61. The molecule has 0 unspecified atom stereocenters. The molecule has 0 fully saturated rings. The Morgan fingerprint density at radius 2 is 1.87 bits per heavy atom. The van der Waals surface area contributed by atoms with Crippen LogP contribution in [0.15, 0.2) is 29.2 Å². The summed E-state index contributed by atoms with van der Waals surface area (Å²) < 4.78 is 22.5. The molecule has 15 heavy (non-hydrogen) atoms. The molecule has 1 aromatic carbocycles. The molecule has 4 heteroatoms. The van der Waals surface area contributed by atoms with Crippen LogP contribution in [-0.4, -0.2) is 8.42 Å². The first-order chi connectivity index (χ1) is 7.05. The molecule has 2 nitrogen and oxygen atoms in total. The SMILES string of the molecule is CCCCCc1ccccc1S(=O)(=O)Cl. The van der Waals surface area contributed by atoms with Crippen molar-refractivity contribution in [3.63, 3.8) is 0 Å². The summed E-state index contributed by atoms with van der Waals surface area (Å²) in [5.74, 6) is 0. The summed E-state index contributed by atoms with van der Waals surface area (Å²) in [6, 6.07) is 6.92. The monoisotopic (exact) mass is 246 g/mol. The lowest BCUT2D eigenvalue weighted by atomic mass is 10.1. The lowest BCUT2D eigenvalue weighted by molar-refractivity contribution is 0.607. The van der Waals surface area contributed by atoms with Crippen LogP contribution in [0.3, 0.4) is 0 Å². The molecule has 0 amide bonds. The minimum atomic E-state index is -3.60. The average Bonchev–Trinajstić information content (AvgIpc) is 2.17. The number of halogens is 1. The van der Waals surface area contributed by atoms with E-state index in [9.17, 15) is 8.42 Å². The van der Waals surface area contributed by atoms with Gasteiger partial charge in [-0.15, -0.1) is 0 Å². The maximum absolute atomic E-state index is 11.3. The van der Waals surface area contributed by atoms with E-state index < -0.39 is 9.05 Å². The van der Waals surface area contributed by atoms with Crippen LogP contribution in [0.25, 0.3) is 0 Å². The second-order valence-corrected chi connectivity index (χ2v) is 6.04. The third-order valence-electron chi connectivity index (χ3n) is 2.28. The van der Waals surface area contributed by atoms with E-state index in [1.165, 1.54) is 0 Å². The zero-order valence-electron chi connectivity index (χ0n) is 8.74. The Labute approximate surface area is 95.7 Å². The highest BCUT2D eigenvalue weighted by Crippen LogP contribution is 2.21. The maximum atomic E-state index is 11.3. The van der Waals surface area contributed by atoms with Crippen molar-refractivity contribution in [3.8, 4) is 0 Å². The zero-order chi connectivity index (χ0) is 11.3. The minimum absolute atomic E-state index is 0.253. The van der Waals surface area contributed by atoms with Crippen molar-refractivity contribution >= 4 is 19.7 Å². The van der Waals surface area contributed by atoms with Crippen LogP contribution in [0.1, 0.15) is 31.7 Å². The fourth-order valence-electron chi connectivity index (χ4n) is 1.51. The topological polar surface area (TPSA) is 34.1 Å². The summed E-state index contributed by atoms with van der Waals surface area (Å²) in [7, 11) is 1.75. The van der Waals surface area contributed by atoms with E-state index in [1.807, 2.05) is 12.1 Å². The van der Waals surface area contributed by atoms with Gasteiger partial charge in [-0.2, -0.15) is 0 Å². The lowest BCUT2D eigenvalue weighted by Gasteiger charge is -2.05. The van der Waals surface area contributed by atoms with E-state index in [0.717, 1.165) is 31.2 Å². The fourth-order valence-corrected chi connectivity index (χ4v) is 2.69. The molecule has 0 spiro atoms. The van der Waals surface area contributed by atoms with Crippen molar-refractivity contribution in [2.24, 2.45) is 0 Å². The van der Waals surface area contributed by atoms with Crippen molar-refractivity contribution in [1.82, 2.24) is 0 Å². The van der Waals surface area contributed by atoms with Crippen LogP contribution in [0.4, 0.5) is 0 Å². The number of hydrogen-bond acceptors (Lipinski definition) is 2. The average molecular weight is 247 g/mol. The third kappa shape index (κ3) is 3.84. The molecular formula is C11H15ClO2S. The minimum Gasteiger partial charge on any atom is -0.207 e. The largest absolute Gasteiger partial charge is 0.261 e. The molecule has 0 N–H and O–H groups in total. The van der Waals surface area contributed by atoms with Gasteiger partial charge >= 0.3 is 0 Å². The van der Waals surface area contributed by atoms with Crippen LogP contribution in [0, 0.1) is 0 Å². The number of rotatable bonds is 5. The standard InChI is InChI=1S/C11H15ClO2S/c1-2-3-4-7-10-8-5-6-9-11(10)15(12,13)14/h5-6,8-9H,2-4,7H2,1H3. The van der Waals surface area contributed by atoms with Gasteiger partial charge in [-0.3, -0.25) is 0 Å². The van der Waals surface area contributed by atoms with Gasteiger partial charge in [0, 0.05) is 10.7 Å². The van der Waals surface area contributed by atoms with Gasteiger partial charge < -0.3 is 0 Å². The summed E-state index contributed by atoms with van der Waals surface area (Å²) in [6.07, 6.45) is 4.00. The smallest absolute Gasteiger partial charge is 0.207 e. The third-order valence-corrected chi connectivity index (χ3v) is 3.71. The van der Waals surface area contributed by atoms with Gasteiger partial charge in [0.1, 0.15) is 0 Å². The predicted molar refractivity (Wildman–Crippen MR) is 62.7 cm³/mol. The predicted octanol–water partition coefficient (Wildman–Crippen LogP) is 3.35. The number of hydrogen-bond donors (Lipinski definition) is 0. The fraction of sp³-hybridized carbons (Fsp3) is 0.455. The molecular weight excluding hydrogens is 232 g/mol. The highest BCUT2D eigenvalue weighted by Gasteiger charge is 2.13. The van der Waals surface area contributed by atoms with Crippen molar-refractivity contribution in [3.05, 3.63) is 29.8 Å². The molecule has 0 heterocycles. The Morgan fingerprint density at radius 1 is 1.20 bits per heavy atom. The van der Waals surface area contributed by atoms with Crippen LogP contribution < -0.4 is 0 Å². The Morgan fingerprint density at radius 3 is 2.47 bits per heavy atom. The summed E-state index contributed by atoms with van der Waals surface area (Å²) in [5.41, 5.74) is 0.820. The lowest BCUT2D eigenvalue weighted by Crippen LogP contribution is -1.97. The second kappa shape index (κ2) is 5.52. The molecule has 0 aliphatic heterocycles. The molecule has 84 valence electrons. The van der Waals surface area contributed by atoms with Gasteiger partial charge in [0.25, 0.3) is 9.05 Å². The number of benzene rings is 1. The highest BCUT2D eigenvalue weighted by atomic mass is 35.7. The van der Waals surface area contributed by atoms with Gasteiger partial charge in [0.2, 0.25) is 0 Å². The van der Waals surface area contributed by atoms with Gasteiger partial charge in [0.05, 0.1) is 4.90 Å². The Balaban J connectivity index is 2.88. The number of aryl methyl sites for hydroxylation is 1. The maximum Gasteiger partial charge on any atom is 0.261 e. The second-order valence-electron chi connectivity index (χ2n) is 3.50. The van der Waals surface area contributed by atoms with E-state index in [-0.39, 0.29) is 4.90 Å². The molecule has 0 aliphatic carbocycles. The molecule has 0 bridgehead atoms. The van der Waals surface area contributed by atoms with Crippen molar-refractivity contribution in [2.45, 2.75) is 37.5 Å². The van der Waals surface area contributed by atoms with Crippen molar-refractivity contribution in [2.75, 3.05) is 0 Å². The van der Waals surface area contributed by atoms with Crippen molar-refractivity contribution < 1.29 is 8.42 Å². The Bertz CT molecular complexity index is 412. The van der Waals surface area contributed by atoms with E-state index in [0.29, 0.717) is 0 Å². The molecule has 0 radical (unpaired) electrons. The van der Waals surface area contributed by atoms with Gasteiger partial charge in [0.15, 0.2) is 0 Å². The molecule has 0 aliphatic rings. The van der Waals surface area contributed by atoms with Gasteiger partial charge in [-0.05, 0) is 24.5 Å². The Hall–Kier alpha value is -0.540.